The topological polar surface area (TPSA) is 91.0 Å². The third-order valence-electron chi connectivity index (χ3n) is 4.19. The summed E-state index contributed by atoms with van der Waals surface area (Å²) in [5.41, 5.74) is 0. The van der Waals surface area contributed by atoms with E-state index in [1.807, 2.05) is 4.90 Å². The van der Waals surface area contributed by atoms with Crippen molar-refractivity contribution in [3.8, 4) is 0 Å². The third-order valence-corrected chi connectivity index (χ3v) is 4.19. The number of likely N-dealkylation sites (tertiary alicyclic amines) is 1. The van der Waals surface area contributed by atoms with Gasteiger partial charge in [0.1, 0.15) is 12.2 Å². The molecule has 0 radical (unpaired) electrons. The molecule has 1 unspecified atom stereocenters. The Morgan fingerprint density at radius 1 is 1.45 bits per heavy atom. The van der Waals surface area contributed by atoms with Gasteiger partial charge >= 0.3 is 0 Å². The molecule has 20 heavy (non-hydrogen) atoms. The van der Waals surface area contributed by atoms with Crippen molar-refractivity contribution in [3.05, 3.63) is 12.2 Å². The Kier molecular flexibility index (Phi) is 3.66. The van der Waals surface area contributed by atoms with Gasteiger partial charge in [-0.25, -0.2) is 4.98 Å². The van der Waals surface area contributed by atoms with Crippen molar-refractivity contribution < 1.29 is 9.59 Å². The molecule has 1 saturated heterocycles. The molecule has 1 aliphatic heterocycles. The number of aromatic nitrogens is 3. The van der Waals surface area contributed by atoms with E-state index in [0.717, 1.165) is 12.8 Å². The first-order chi connectivity index (χ1) is 9.74. The number of nitrogens with one attached hydrogen (secondary N) is 2. The molecule has 3 rings (SSSR count). The Hall–Kier alpha value is -1.92. The van der Waals surface area contributed by atoms with E-state index in [2.05, 4.69) is 20.5 Å². The molecule has 1 aliphatic carbocycles. The van der Waals surface area contributed by atoms with Crippen molar-refractivity contribution in [2.45, 2.75) is 44.7 Å². The summed E-state index contributed by atoms with van der Waals surface area (Å²) in [5.74, 6) is 0.438. The average molecular weight is 277 g/mol. The number of H-pyrrole nitrogens is 1. The summed E-state index contributed by atoms with van der Waals surface area (Å²) in [6.45, 7) is 0.888. The predicted molar refractivity (Wildman–Crippen MR) is 70.3 cm³/mol. The molecule has 2 N–H and O–H groups in total. The fourth-order valence-electron chi connectivity index (χ4n) is 3.11. The van der Waals surface area contributed by atoms with Gasteiger partial charge < -0.3 is 10.2 Å². The van der Waals surface area contributed by atoms with E-state index in [4.69, 9.17) is 0 Å². The van der Waals surface area contributed by atoms with Gasteiger partial charge in [0.05, 0.1) is 12.5 Å². The number of rotatable bonds is 4. The maximum atomic E-state index is 12.1. The Bertz CT molecular complexity index is 481. The smallest absolute Gasteiger partial charge is 0.225 e. The first-order valence-corrected chi connectivity index (χ1v) is 7.15. The standard InChI is InChI=1S/C13H19N5O2/c19-12-5-9(7-18(12)10-3-1-2-4-10)13(20)14-6-11-15-8-16-17-11/h8-10H,1-7H2,(H,14,20)(H,15,16,17). The summed E-state index contributed by atoms with van der Waals surface area (Å²) in [6, 6.07) is 0.356. The summed E-state index contributed by atoms with van der Waals surface area (Å²) in [7, 11) is 0. The number of nitrogens with zero attached hydrogens (tertiary/aromatic N) is 3. The lowest BCUT2D eigenvalue weighted by Gasteiger charge is -2.23. The molecule has 2 amide bonds. The zero-order valence-corrected chi connectivity index (χ0v) is 11.3. The van der Waals surface area contributed by atoms with E-state index >= 15 is 0 Å². The van der Waals surface area contributed by atoms with Crippen LogP contribution in [0.25, 0.3) is 0 Å². The lowest BCUT2D eigenvalue weighted by atomic mass is 10.1. The molecule has 2 aliphatic rings. The zero-order valence-electron chi connectivity index (χ0n) is 11.3. The van der Waals surface area contributed by atoms with Gasteiger partial charge in [-0.15, -0.1) is 0 Å². The maximum absolute atomic E-state index is 12.1. The van der Waals surface area contributed by atoms with Crippen LogP contribution >= 0.6 is 0 Å². The predicted octanol–water partition coefficient (Wildman–Crippen LogP) is 0.212. The summed E-state index contributed by atoms with van der Waals surface area (Å²) in [5, 5.41) is 9.22. The van der Waals surface area contributed by atoms with Crippen LogP contribution in [-0.4, -0.2) is 44.5 Å². The van der Waals surface area contributed by atoms with Crippen LogP contribution in [0, 0.1) is 5.92 Å². The molecule has 1 atom stereocenters. The summed E-state index contributed by atoms with van der Waals surface area (Å²) < 4.78 is 0. The second-order valence-corrected chi connectivity index (χ2v) is 5.54. The highest BCUT2D eigenvalue weighted by Gasteiger charge is 2.38. The maximum Gasteiger partial charge on any atom is 0.225 e. The molecular formula is C13H19N5O2. The minimum absolute atomic E-state index is 0.0738. The Morgan fingerprint density at radius 3 is 2.95 bits per heavy atom. The third kappa shape index (κ3) is 2.66. The van der Waals surface area contributed by atoms with E-state index in [-0.39, 0.29) is 17.7 Å². The van der Waals surface area contributed by atoms with Crippen LogP contribution in [0.1, 0.15) is 37.9 Å². The Morgan fingerprint density at radius 2 is 2.25 bits per heavy atom. The first-order valence-electron chi connectivity index (χ1n) is 7.15. The van der Waals surface area contributed by atoms with Crippen molar-refractivity contribution in [1.82, 2.24) is 25.4 Å². The molecule has 0 aromatic carbocycles. The molecule has 1 aromatic rings. The molecular weight excluding hydrogens is 258 g/mol. The number of carbonyl (C=O) groups excluding carboxylic acids is 2. The minimum Gasteiger partial charge on any atom is -0.349 e. The van der Waals surface area contributed by atoms with E-state index in [1.165, 1.54) is 19.2 Å². The van der Waals surface area contributed by atoms with Crippen molar-refractivity contribution >= 4 is 11.8 Å². The van der Waals surface area contributed by atoms with Gasteiger partial charge in [0.25, 0.3) is 0 Å². The molecule has 7 nitrogen and oxygen atoms in total. The van der Waals surface area contributed by atoms with Gasteiger partial charge in [0.2, 0.25) is 11.8 Å². The summed E-state index contributed by atoms with van der Waals surface area (Å²) in [4.78, 5) is 30.0. The van der Waals surface area contributed by atoms with Gasteiger partial charge in [-0.1, -0.05) is 12.8 Å². The van der Waals surface area contributed by atoms with Gasteiger partial charge in [0.15, 0.2) is 0 Å². The number of aromatic amines is 1. The van der Waals surface area contributed by atoms with E-state index in [0.29, 0.717) is 31.4 Å². The van der Waals surface area contributed by atoms with E-state index in [1.54, 1.807) is 0 Å². The fourth-order valence-corrected chi connectivity index (χ4v) is 3.11. The quantitative estimate of drug-likeness (QED) is 0.823. The van der Waals surface area contributed by atoms with Gasteiger partial charge in [-0.3, -0.25) is 14.7 Å². The Labute approximate surface area is 117 Å². The van der Waals surface area contributed by atoms with Crippen LogP contribution in [0.4, 0.5) is 0 Å². The molecule has 7 heteroatoms. The first kappa shape index (κ1) is 13.1. The van der Waals surface area contributed by atoms with Gasteiger partial charge in [0, 0.05) is 19.0 Å². The second kappa shape index (κ2) is 5.60. The van der Waals surface area contributed by atoms with Crippen LogP contribution in [0.3, 0.4) is 0 Å². The minimum atomic E-state index is -0.231. The van der Waals surface area contributed by atoms with Crippen molar-refractivity contribution in [3.63, 3.8) is 0 Å². The zero-order chi connectivity index (χ0) is 13.9. The van der Waals surface area contributed by atoms with Crippen molar-refractivity contribution in [2.75, 3.05) is 6.54 Å². The largest absolute Gasteiger partial charge is 0.349 e. The van der Waals surface area contributed by atoms with Gasteiger partial charge in [-0.2, -0.15) is 5.10 Å². The summed E-state index contributed by atoms with van der Waals surface area (Å²) in [6.07, 6.45) is 6.28. The lowest BCUT2D eigenvalue weighted by Crippen LogP contribution is -2.36. The average Bonchev–Trinajstić information content (AvgIpc) is 3.17. The van der Waals surface area contributed by atoms with Crippen molar-refractivity contribution in [1.29, 1.82) is 0 Å². The van der Waals surface area contributed by atoms with Crippen LogP contribution in [0.5, 0.6) is 0 Å². The normalized spacial score (nSPS) is 23.5. The fraction of sp³-hybridized carbons (Fsp3) is 0.692. The highest BCUT2D eigenvalue weighted by molar-refractivity contribution is 5.89. The molecule has 108 valence electrons. The number of hydrogen-bond acceptors (Lipinski definition) is 4. The Balaban J connectivity index is 1.52. The van der Waals surface area contributed by atoms with Crippen LogP contribution in [-0.2, 0) is 16.1 Å². The number of hydrogen-bond donors (Lipinski definition) is 2. The van der Waals surface area contributed by atoms with Gasteiger partial charge in [-0.05, 0) is 12.8 Å². The van der Waals surface area contributed by atoms with Crippen LogP contribution < -0.4 is 5.32 Å². The van der Waals surface area contributed by atoms with Crippen molar-refractivity contribution in [2.24, 2.45) is 5.92 Å². The number of amides is 2. The molecule has 1 saturated carbocycles. The monoisotopic (exact) mass is 277 g/mol. The molecule has 0 bridgehead atoms. The van der Waals surface area contributed by atoms with E-state index < -0.39 is 0 Å². The van der Waals surface area contributed by atoms with Crippen LogP contribution in [0.2, 0.25) is 0 Å². The molecule has 1 aromatic heterocycles. The molecule has 0 spiro atoms. The molecule has 2 heterocycles. The summed E-state index contributed by atoms with van der Waals surface area (Å²) >= 11 is 0. The SMILES string of the molecule is O=C(NCc1ncn[nH]1)C1CC(=O)N(C2CCCC2)C1. The highest BCUT2D eigenvalue weighted by Crippen LogP contribution is 2.29. The number of carbonyl (C=O) groups is 2. The highest BCUT2D eigenvalue weighted by atomic mass is 16.2. The molecule has 2 fully saturated rings. The van der Waals surface area contributed by atoms with E-state index in [9.17, 15) is 9.59 Å². The second-order valence-electron chi connectivity index (χ2n) is 5.54. The van der Waals surface area contributed by atoms with Crippen LogP contribution in [0.15, 0.2) is 6.33 Å². The lowest BCUT2D eigenvalue weighted by molar-refractivity contribution is -0.130.